The molecule has 21 heavy (non-hydrogen) atoms. The number of nitrogen functional groups attached to an aromatic ring is 1. The molecule has 0 fully saturated rings. The standard InChI is InChI=1S/C15H16N4O2/c1-9(2)19-15(17)12(8-16)14(18-19)11-5-3-10(4-6-11)7-13(20)21/h3-6,9H,7,17H2,1-2H3,(H,20,21)/i3D. The monoisotopic (exact) mass is 285 g/mol. The molecule has 2 rings (SSSR count). The van der Waals surface area contributed by atoms with E-state index in [0.717, 1.165) is 0 Å². The molecule has 1 heterocycles. The van der Waals surface area contributed by atoms with Gasteiger partial charge in [0.15, 0.2) is 0 Å². The molecule has 6 heteroatoms. The van der Waals surface area contributed by atoms with Crippen molar-refractivity contribution in [2.24, 2.45) is 0 Å². The summed E-state index contributed by atoms with van der Waals surface area (Å²) in [5.74, 6) is -0.707. The number of carboxylic acids is 1. The number of nitrogens with zero attached hydrogens (tertiary/aromatic N) is 3. The molecule has 2 aromatic rings. The molecule has 0 aliphatic carbocycles. The van der Waals surface area contributed by atoms with Crippen molar-refractivity contribution in [2.45, 2.75) is 26.3 Å². The van der Waals surface area contributed by atoms with Crippen LogP contribution in [0.5, 0.6) is 0 Å². The summed E-state index contributed by atoms with van der Waals surface area (Å²) >= 11 is 0. The van der Waals surface area contributed by atoms with Crippen molar-refractivity contribution in [1.29, 1.82) is 5.26 Å². The minimum Gasteiger partial charge on any atom is -0.481 e. The Hall–Kier alpha value is -2.81. The molecule has 1 aromatic carbocycles. The zero-order valence-electron chi connectivity index (χ0n) is 12.8. The van der Waals surface area contributed by atoms with E-state index in [9.17, 15) is 10.1 Å². The van der Waals surface area contributed by atoms with Crippen LogP contribution in [0.2, 0.25) is 0 Å². The highest BCUT2D eigenvalue weighted by atomic mass is 16.4. The number of carbonyl (C=O) groups is 1. The Labute approximate surface area is 123 Å². The first-order chi connectivity index (χ1) is 10.3. The molecule has 0 radical (unpaired) electrons. The van der Waals surface area contributed by atoms with Gasteiger partial charge in [-0.05, 0) is 19.4 Å². The number of rotatable bonds is 4. The van der Waals surface area contributed by atoms with Crippen molar-refractivity contribution in [3.8, 4) is 17.3 Å². The minimum absolute atomic E-state index is 0.00241. The van der Waals surface area contributed by atoms with Crippen molar-refractivity contribution in [1.82, 2.24) is 9.78 Å². The summed E-state index contributed by atoms with van der Waals surface area (Å²) in [7, 11) is 0. The third kappa shape index (κ3) is 2.87. The fraction of sp³-hybridized carbons (Fsp3) is 0.267. The maximum absolute atomic E-state index is 10.7. The topological polar surface area (TPSA) is 105 Å². The van der Waals surface area contributed by atoms with Crippen LogP contribution in [0.4, 0.5) is 5.82 Å². The van der Waals surface area contributed by atoms with Gasteiger partial charge in [0.25, 0.3) is 0 Å². The van der Waals surface area contributed by atoms with E-state index in [1.165, 1.54) is 6.07 Å². The normalized spacial score (nSPS) is 11.2. The number of carboxylic acid groups (broad SMARTS) is 1. The lowest BCUT2D eigenvalue weighted by Gasteiger charge is -2.06. The number of nitrogens with two attached hydrogens (primary N) is 1. The molecular weight excluding hydrogens is 268 g/mol. The van der Waals surface area contributed by atoms with E-state index in [2.05, 4.69) is 5.10 Å². The molecule has 0 amide bonds. The Morgan fingerprint density at radius 1 is 1.57 bits per heavy atom. The Balaban J connectivity index is 2.53. The second-order valence-corrected chi connectivity index (χ2v) is 4.93. The Morgan fingerprint density at radius 2 is 2.29 bits per heavy atom. The summed E-state index contributed by atoms with van der Waals surface area (Å²) in [6.07, 6.45) is -0.215. The van der Waals surface area contributed by atoms with Crippen molar-refractivity contribution in [2.75, 3.05) is 5.73 Å². The molecule has 0 aliphatic heterocycles. The average Bonchev–Trinajstić information content (AvgIpc) is 2.77. The SMILES string of the molecule is [2H]c1cc(-c2nn(C(C)C)c(N)c2C#N)ccc1CC(=O)O. The van der Waals surface area contributed by atoms with E-state index in [4.69, 9.17) is 12.2 Å². The summed E-state index contributed by atoms with van der Waals surface area (Å²) in [6, 6.07) is 6.87. The van der Waals surface area contributed by atoms with Crippen molar-refractivity contribution in [3.63, 3.8) is 0 Å². The Morgan fingerprint density at radius 3 is 2.81 bits per heavy atom. The van der Waals surface area contributed by atoms with Crippen LogP contribution in [-0.2, 0) is 11.2 Å². The molecule has 3 N–H and O–H groups in total. The molecule has 1 aromatic heterocycles. The quantitative estimate of drug-likeness (QED) is 0.896. The number of anilines is 1. The zero-order valence-corrected chi connectivity index (χ0v) is 11.8. The molecular formula is C15H16N4O2. The second-order valence-electron chi connectivity index (χ2n) is 4.93. The lowest BCUT2D eigenvalue weighted by atomic mass is 10.0. The zero-order chi connectivity index (χ0) is 16.4. The summed E-state index contributed by atoms with van der Waals surface area (Å²) in [4.78, 5) is 10.7. The van der Waals surface area contributed by atoms with Crippen molar-refractivity contribution >= 4 is 11.8 Å². The minimum atomic E-state index is -0.993. The van der Waals surface area contributed by atoms with Gasteiger partial charge >= 0.3 is 5.97 Å². The van der Waals surface area contributed by atoms with E-state index >= 15 is 0 Å². The van der Waals surface area contributed by atoms with Gasteiger partial charge in [-0.3, -0.25) is 4.79 Å². The second kappa shape index (κ2) is 5.67. The number of benzene rings is 1. The molecule has 0 saturated carbocycles. The van der Waals surface area contributed by atoms with E-state index in [0.29, 0.717) is 16.8 Å². The molecule has 0 saturated heterocycles. The molecule has 0 unspecified atom stereocenters. The number of aliphatic carboxylic acids is 1. The van der Waals surface area contributed by atoms with Gasteiger partial charge in [0, 0.05) is 11.6 Å². The van der Waals surface area contributed by atoms with Gasteiger partial charge < -0.3 is 10.8 Å². The highest BCUT2D eigenvalue weighted by Gasteiger charge is 2.18. The van der Waals surface area contributed by atoms with Gasteiger partial charge in [0.05, 0.1) is 7.79 Å². The molecule has 0 bridgehead atoms. The summed E-state index contributed by atoms with van der Waals surface area (Å²) in [5, 5.41) is 22.4. The summed E-state index contributed by atoms with van der Waals surface area (Å²) in [5.41, 5.74) is 7.59. The largest absolute Gasteiger partial charge is 0.481 e. The van der Waals surface area contributed by atoms with Crippen LogP contribution >= 0.6 is 0 Å². The highest BCUT2D eigenvalue weighted by molar-refractivity contribution is 5.74. The molecule has 6 nitrogen and oxygen atoms in total. The highest BCUT2D eigenvalue weighted by Crippen LogP contribution is 2.28. The maximum Gasteiger partial charge on any atom is 0.307 e. The molecule has 0 atom stereocenters. The predicted molar refractivity (Wildman–Crippen MR) is 78.5 cm³/mol. The van der Waals surface area contributed by atoms with Crippen LogP contribution in [0.3, 0.4) is 0 Å². The van der Waals surface area contributed by atoms with Gasteiger partial charge in [0.2, 0.25) is 0 Å². The van der Waals surface area contributed by atoms with E-state index in [1.54, 1.807) is 16.8 Å². The van der Waals surface area contributed by atoms with Gasteiger partial charge in [-0.25, -0.2) is 4.68 Å². The Kier molecular flexibility index (Phi) is 3.56. The van der Waals surface area contributed by atoms with Crippen LogP contribution in [0, 0.1) is 11.3 Å². The van der Waals surface area contributed by atoms with Crippen LogP contribution in [0.15, 0.2) is 24.2 Å². The smallest absolute Gasteiger partial charge is 0.307 e. The van der Waals surface area contributed by atoms with Gasteiger partial charge in [-0.2, -0.15) is 10.4 Å². The summed E-state index contributed by atoms with van der Waals surface area (Å²) < 4.78 is 9.47. The van der Waals surface area contributed by atoms with Gasteiger partial charge in [-0.15, -0.1) is 0 Å². The third-order valence-electron chi connectivity index (χ3n) is 3.04. The first-order valence-electron chi connectivity index (χ1n) is 6.95. The average molecular weight is 285 g/mol. The van der Waals surface area contributed by atoms with Crippen LogP contribution in [-0.4, -0.2) is 20.9 Å². The number of aromatic nitrogens is 2. The first kappa shape index (κ1) is 13.2. The van der Waals surface area contributed by atoms with E-state index in [1.807, 2.05) is 19.9 Å². The maximum atomic E-state index is 10.7. The van der Waals surface area contributed by atoms with Gasteiger partial charge in [0.1, 0.15) is 23.1 Å². The van der Waals surface area contributed by atoms with Crippen molar-refractivity contribution < 1.29 is 11.3 Å². The van der Waals surface area contributed by atoms with E-state index in [-0.39, 0.29) is 29.9 Å². The van der Waals surface area contributed by atoms with Crippen LogP contribution in [0.1, 0.15) is 32.4 Å². The third-order valence-corrected chi connectivity index (χ3v) is 3.04. The fourth-order valence-corrected chi connectivity index (χ4v) is 2.03. The predicted octanol–water partition coefficient (Wildman–Crippen LogP) is 2.21. The molecule has 0 aliphatic rings. The summed E-state index contributed by atoms with van der Waals surface area (Å²) in [6.45, 7) is 3.81. The van der Waals surface area contributed by atoms with Gasteiger partial charge in [-0.1, -0.05) is 24.2 Å². The van der Waals surface area contributed by atoms with Crippen molar-refractivity contribution in [3.05, 3.63) is 35.4 Å². The Bertz CT molecular complexity index is 775. The van der Waals surface area contributed by atoms with Crippen LogP contribution < -0.4 is 5.73 Å². The molecule has 108 valence electrons. The van der Waals surface area contributed by atoms with Crippen LogP contribution in [0.25, 0.3) is 11.3 Å². The first-order valence-corrected chi connectivity index (χ1v) is 6.45. The lowest BCUT2D eigenvalue weighted by Crippen LogP contribution is -2.07. The molecule has 0 spiro atoms. The number of hydrogen-bond acceptors (Lipinski definition) is 4. The van der Waals surface area contributed by atoms with E-state index < -0.39 is 5.97 Å². The lowest BCUT2D eigenvalue weighted by molar-refractivity contribution is -0.136. The fourth-order valence-electron chi connectivity index (χ4n) is 2.03. The number of hydrogen-bond donors (Lipinski definition) is 2. The number of nitriles is 1.